The normalized spacial score (nSPS) is 46.6. The van der Waals surface area contributed by atoms with E-state index in [0.29, 0.717) is 17.9 Å². The number of cyclic esters (lactones) is 1. The van der Waals surface area contributed by atoms with E-state index in [1.807, 2.05) is 0 Å². The molecule has 3 nitrogen and oxygen atoms in total. The summed E-state index contributed by atoms with van der Waals surface area (Å²) in [5, 5.41) is 0. The maximum atomic E-state index is 12.3. The fourth-order valence-corrected chi connectivity index (χ4v) is 6.19. The van der Waals surface area contributed by atoms with Crippen LogP contribution >= 0.6 is 0 Å². The van der Waals surface area contributed by atoms with Crippen LogP contribution in [0, 0.1) is 29.6 Å². The molecule has 2 saturated heterocycles. The summed E-state index contributed by atoms with van der Waals surface area (Å²) in [5.74, 6) is 2.74. The Morgan fingerprint density at radius 1 is 1.08 bits per heavy atom. The molecule has 0 aromatic heterocycles. The van der Waals surface area contributed by atoms with E-state index in [9.17, 15) is 4.79 Å². The van der Waals surface area contributed by atoms with Gasteiger partial charge in [-0.2, -0.15) is 0 Å². The van der Waals surface area contributed by atoms with Crippen molar-refractivity contribution in [1.82, 2.24) is 4.90 Å². The first-order chi connectivity index (χ1) is 11.6. The van der Waals surface area contributed by atoms with Crippen molar-refractivity contribution in [3.05, 3.63) is 12.2 Å². The lowest BCUT2D eigenvalue weighted by molar-refractivity contribution is -0.144. The van der Waals surface area contributed by atoms with Crippen LogP contribution in [0.3, 0.4) is 0 Å². The Labute approximate surface area is 146 Å². The predicted molar refractivity (Wildman–Crippen MR) is 95.5 cm³/mol. The Morgan fingerprint density at radius 2 is 1.88 bits per heavy atom. The van der Waals surface area contributed by atoms with Crippen molar-refractivity contribution in [2.24, 2.45) is 29.6 Å². The molecule has 7 atom stereocenters. The maximum Gasteiger partial charge on any atom is 0.309 e. The molecule has 2 aliphatic carbocycles. The number of likely N-dealkylation sites (tertiary alicyclic amines) is 1. The van der Waals surface area contributed by atoms with Gasteiger partial charge in [0.2, 0.25) is 0 Å². The predicted octanol–water partition coefficient (Wildman–Crippen LogP) is 4.03. The molecule has 2 unspecified atom stereocenters. The molecule has 0 N–H and O–H groups in total. The van der Waals surface area contributed by atoms with Crippen molar-refractivity contribution in [1.29, 1.82) is 0 Å². The molecule has 0 aromatic carbocycles. The van der Waals surface area contributed by atoms with Gasteiger partial charge in [-0.15, -0.1) is 0 Å². The number of piperidine rings is 1. The van der Waals surface area contributed by atoms with Gasteiger partial charge >= 0.3 is 5.97 Å². The van der Waals surface area contributed by atoms with Crippen molar-refractivity contribution >= 4 is 5.97 Å². The Morgan fingerprint density at radius 3 is 2.71 bits per heavy atom. The van der Waals surface area contributed by atoms with Gasteiger partial charge in [-0.25, -0.2) is 0 Å². The van der Waals surface area contributed by atoms with Crippen LogP contribution in [0.15, 0.2) is 12.2 Å². The summed E-state index contributed by atoms with van der Waals surface area (Å²) in [6.45, 7) is 3.34. The topological polar surface area (TPSA) is 29.5 Å². The van der Waals surface area contributed by atoms with Gasteiger partial charge in [0.25, 0.3) is 0 Å². The molecule has 2 aliphatic heterocycles. The summed E-state index contributed by atoms with van der Waals surface area (Å²) in [7, 11) is 2.26. The highest BCUT2D eigenvalue weighted by molar-refractivity contribution is 5.75. The third kappa shape index (κ3) is 2.94. The van der Waals surface area contributed by atoms with Crippen LogP contribution < -0.4 is 0 Å². The van der Waals surface area contributed by atoms with Crippen LogP contribution in [0.1, 0.15) is 58.3 Å². The maximum absolute atomic E-state index is 12.3. The number of hydrogen-bond donors (Lipinski definition) is 0. The lowest BCUT2D eigenvalue weighted by Crippen LogP contribution is -2.43. The summed E-state index contributed by atoms with van der Waals surface area (Å²) in [4.78, 5) is 14.8. The van der Waals surface area contributed by atoms with Crippen LogP contribution in [-0.2, 0) is 9.53 Å². The van der Waals surface area contributed by atoms with E-state index in [0.717, 1.165) is 18.3 Å². The van der Waals surface area contributed by atoms with Gasteiger partial charge in [-0.1, -0.05) is 37.8 Å². The number of nitrogens with zero attached hydrogens (tertiary/aromatic N) is 1. The summed E-state index contributed by atoms with van der Waals surface area (Å²) in [6.07, 6.45) is 15.5. The molecule has 0 radical (unpaired) electrons. The van der Waals surface area contributed by atoms with Crippen LogP contribution in [0.4, 0.5) is 0 Å². The molecule has 4 fully saturated rings. The third-order valence-electron chi connectivity index (χ3n) is 7.46. The van der Waals surface area contributed by atoms with E-state index >= 15 is 0 Å². The zero-order chi connectivity index (χ0) is 16.7. The first-order valence-corrected chi connectivity index (χ1v) is 10.2. The van der Waals surface area contributed by atoms with E-state index in [1.165, 1.54) is 51.5 Å². The van der Waals surface area contributed by atoms with Crippen molar-refractivity contribution in [2.75, 3.05) is 13.6 Å². The van der Waals surface area contributed by atoms with Crippen LogP contribution in [-0.4, -0.2) is 36.6 Å². The Bertz CT molecular complexity index is 502. The van der Waals surface area contributed by atoms with E-state index in [4.69, 9.17) is 4.74 Å². The quantitative estimate of drug-likeness (QED) is 0.565. The van der Waals surface area contributed by atoms with Crippen molar-refractivity contribution in [3.63, 3.8) is 0 Å². The fourth-order valence-electron chi connectivity index (χ4n) is 6.19. The van der Waals surface area contributed by atoms with Gasteiger partial charge in [-0.3, -0.25) is 9.69 Å². The van der Waals surface area contributed by atoms with Crippen LogP contribution in [0.25, 0.3) is 0 Å². The zero-order valence-electron chi connectivity index (χ0n) is 15.3. The molecule has 4 aliphatic rings. The van der Waals surface area contributed by atoms with Gasteiger partial charge in [0.05, 0.1) is 5.92 Å². The molecular formula is C21H33NO2. The number of likely N-dealkylation sites (N-methyl/N-ethyl adjacent to an activating group) is 1. The second-order valence-corrected chi connectivity index (χ2v) is 8.78. The molecule has 4 rings (SSSR count). The first-order valence-electron chi connectivity index (χ1n) is 10.2. The molecule has 24 heavy (non-hydrogen) atoms. The van der Waals surface area contributed by atoms with Gasteiger partial charge in [0.15, 0.2) is 0 Å². The summed E-state index contributed by atoms with van der Waals surface area (Å²) in [5.41, 5.74) is 0. The average molecular weight is 332 g/mol. The number of rotatable bonds is 2. The highest BCUT2D eigenvalue weighted by Gasteiger charge is 2.53. The van der Waals surface area contributed by atoms with E-state index in [-0.39, 0.29) is 18.0 Å². The first kappa shape index (κ1) is 16.6. The van der Waals surface area contributed by atoms with Crippen molar-refractivity contribution in [3.8, 4) is 0 Å². The summed E-state index contributed by atoms with van der Waals surface area (Å²) in [6, 6.07) is 0.592. The largest absolute Gasteiger partial charge is 0.462 e. The SMILES string of the molecule is C[C@@H]1OC(=O)[C@H]2C[C@H]3CCCC[C@@H]3C(/C=C/C3CCCCN3C)[C@@H]12. The minimum absolute atomic E-state index is 0.0877. The van der Waals surface area contributed by atoms with Gasteiger partial charge in [0.1, 0.15) is 6.10 Å². The Balaban J connectivity index is 1.57. The molecule has 2 heterocycles. The molecular weight excluding hydrogens is 298 g/mol. The monoisotopic (exact) mass is 331 g/mol. The highest BCUT2D eigenvalue weighted by atomic mass is 16.6. The second kappa shape index (κ2) is 6.82. The molecule has 0 bridgehead atoms. The van der Waals surface area contributed by atoms with Crippen molar-refractivity contribution in [2.45, 2.75) is 70.4 Å². The highest BCUT2D eigenvalue weighted by Crippen LogP contribution is 2.53. The minimum atomic E-state index is 0.0877. The Kier molecular flexibility index (Phi) is 4.73. The number of carbonyl (C=O) groups excluding carboxylic acids is 1. The standard InChI is InChI=1S/C21H33NO2/c1-14-20-18(11-10-16-8-5-6-12-22(16)2)17-9-4-3-7-15(17)13-19(20)21(23)24-14/h10-11,14-20H,3-9,12-13H2,1-2H3/b11-10+/t14-,15+,16?,17-,18?,19-,20+/m0/s1. The molecule has 2 saturated carbocycles. The molecule has 0 amide bonds. The number of hydrogen-bond acceptors (Lipinski definition) is 3. The average Bonchev–Trinajstić information content (AvgIpc) is 2.87. The summed E-state index contributed by atoms with van der Waals surface area (Å²) >= 11 is 0. The number of carbonyl (C=O) groups is 1. The van der Waals surface area contributed by atoms with Gasteiger partial charge < -0.3 is 4.74 Å². The number of esters is 1. The van der Waals surface area contributed by atoms with Crippen LogP contribution in [0.5, 0.6) is 0 Å². The number of fused-ring (bicyclic) bond motifs is 2. The van der Waals surface area contributed by atoms with Crippen molar-refractivity contribution < 1.29 is 9.53 Å². The third-order valence-corrected chi connectivity index (χ3v) is 7.46. The minimum Gasteiger partial charge on any atom is -0.462 e. The lowest BCUT2D eigenvalue weighted by atomic mass is 9.57. The number of allylic oxidation sites excluding steroid dienone is 1. The molecule has 0 spiro atoms. The van der Waals surface area contributed by atoms with Gasteiger partial charge in [0, 0.05) is 12.0 Å². The fraction of sp³-hybridized carbons (Fsp3) is 0.857. The van der Waals surface area contributed by atoms with E-state index < -0.39 is 0 Å². The van der Waals surface area contributed by atoms with Gasteiger partial charge in [-0.05, 0) is 64.0 Å². The van der Waals surface area contributed by atoms with E-state index in [1.54, 1.807) is 0 Å². The Hall–Kier alpha value is -0.830. The van der Waals surface area contributed by atoms with Crippen LogP contribution in [0.2, 0.25) is 0 Å². The zero-order valence-corrected chi connectivity index (χ0v) is 15.3. The molecule has 3 heteroatoms. The molecule has 0 aromatic rings. The smallest absolute Gasteiger partial charge is 0.309 e. The molecule has 134 valence electrons. The summed E-state index contributed by atoms with van der Waals surface area (Å²) < 4.78 is 5.67. The second-order valence-electron chi connectivity index (χ2n) is 8.78. The lowest BCUT2D eigenvalue weighted by Gasteiger charge is -2.46. The van der Waals surface area contributed by atoms with E-state index in [2.05, 4.69) is 31.0 Å². The number of ether oxygens (including phenoxy) is 1.